The molecule has 0 fully saturated rings. The van der Waals surface area contributed by atoms with Crippen molar-refractivity contribution in [2.75, 3.05) is 6.54 Å². The second-order valence-corrected chi connectivity index (χ2v) is 8.27. The van der Waals surface area contributed by atoms with E-state index in [-0.39, 0.29) is 27.4 Å². The molecular formula is C22H15Cl3N2O4. The third kappa shape index (κ3) is 4.61. The summed E-state index contributed by atoms with van der Waals surface area (Å²) in [6.07, 6.45) is 0.660. The molecule has 1 amide bonds. The lowest BCUT2D eigenvalue weighted by atomic mass is 9.98. The summed E-state index contributed by atoms with van der Waals surface area (Å²) in [5, 5.41) is 11.6. The second kappa shape index (κ2) is 8.75. The Balaban J connectivity index is 1.53. The minimum atomic E-state index is -0.582. The Bertz CT molecular complexity index is 1160. The van der Waals surface area contributed by atoms with Crippen LogP contribution in [0.3, 0.4) is 0 Å². The number of ether oxygens (including phenoxy) is 1. The molecule has 1 heterocycles. The van der Waals surface area contributed by atoms with Gasteiger partial charge in [-0.05, 0) is 47.9 Å². The molecule has 0 unspecified atom stereocenters. The number of amides is 1. The minimum Gasteiger partial charge on any atom is -0.454 e. The lowest BCUT2D eigenvalue weighted by molar-refractivity contribution is -0.384. The predicted molar refractivity (Wildman–Crippen MR) is 120 cm³/mol. The lowest BCUT2D eigenvalue weighted by Crippen LogP contribution is -2.37. The van der Waals surface area contributed by atoms with Crippen LogP contribution in [-0.4, -0.2) is 22.3 Å². The number of hydrogen-bond donors (Lipinski definition) is 0. The fraction of sp³-hybridized carbons (Fsp3) is 0.136. The van der Waals surface area contributed by atoms with Gasteiger partial charge in [0.2, 0.25) is 0 Å². The van der Waals surface area contributed by atoms with Crippen molar-refractivity contribution in [2.45, 2.75) is 13.0 Å². The highest BCUT2D eigenvalue weighted by Crippen LogP contribution is 2.40. The average Bonchev–Trinajstić information content (AvgIpc) is 2.74. The van der Waals surface area contributed by atoms with Crippen LogP contribution in [0.2, 0.25) is 15.1 Å². The van der Waals surface area contributed by atoms with Gasteiger partial charge in [0.25, 0.3) is 11.6 Å². The maximum Gasteiger partial charge on any atom is 0.272 e. The summed E-state index contributed by atoms with van der Waals surface area (Å²) in [6, 6.07) is 14.9. The van der Waals surface area contributed by atoms with Gasteiger partial charge in [0.15, 0.2) is 5.75 Å². The van der Waals surface area contributed by atoms with E-state index in [4.69, 9.17) is 39.5 Å². The molecule has 4 rings (SSSR count). The van der Waals surface area contributed by atoms with Crippen LogP contribution in [-0.2, 0) is 13.0 Å². The standard InChI is InChI=1S/C22H15Cl3N2O4/c23-15-3-1-13(2-4-15)12-26-8-7-14-9-17(5-6-18(14)22(26)28)31-21-19(24)10-16(27(29)30)11-20(21)25/h1-6,9-11H,7-8,12H2. The highest BCUT2D eigenvalue weighted by molar-refractivity contribution is 6.37. The highest BCUT2D eigenvalue weighted by Gasteiger charge is 2.25. The van der Waals surface area contributed by atoms with E-state index in [2.05, 4.69) is 0 Å². The molecule has 1 aliphatic rings. The Labute approximate surface area is 193 Å². The van der Waals surface area contributed by atoms with Gasteiger partial charge in [-0.15, -0.1) is 0 Å². The van der Waals surface area contributed by atoms with Crippen LogP contribution in [0, 0.1) is 10.1 Å². The van der Waals surface area contributed by atoms with Gasteiger partial charge >= 0.3 is 0 Å². The quantitative estimate of drug-likeness (QED) is 0.309. The van der Waals surface area contributed by atoms with E-state index >= 15 is 0 Å². The van der Waals surface area contributed by atoms with Crippen LogP contribution in [0.1, 0.15) is 21.5 Å². The fourth-order valence-corrected chi connectivity index (χ4v) is 4.08. The van der Waals surface area contributed by atoms with Crippen LogP contribution in [0.15, 0.2) is 54.6 Å². The van der Waals surface area contributed by atoms with E-state index in [1.54, 1.807) is 35.2 Å². The first-order chi connectivity index (χ1) is 14.8. The number of carbonyl (C=O) groups excluding carboxylic acids is 1. The molecule has 0 atom stereocenters. The SMILES string of the molecule is O=C1c2ccc(Oc3c(Cl)cc([N+](=O)[O-])cc3Cl)cc2CCN1Cc1ccc(Cl)cc1. The largest absolute Gasteiger partial charge is 0.454 e. The number of non-ortho nitro benzene ring substituents is 1. The molecule has 0 saturated carbocycles. The van der Waals surface area contributed by atoms with Crippen LogP contribution in [0.25, 0.3) is 0 Å². The Hall–Kier alpha value is -2.80. The third-order valence-electron chi connectivity index (χ3n) is 4.95. The Morgan fingerprint density at radius 3 is 2.32 bits per heavy atom. The summed E-state index contributed by atoms with van der Waals surface area (Å²) in [6.45, 7) is 1.07. The zero-order valence-electron chi connectivity index (χ0n) is 16.0. The molecule has 0 N–H and O–H groups in total. The van der Waals surface area contributed by atoms with Crippen molar-refractivity contribution >= 4 is 46.4 Å². The molecule has 1 aliphatic heterocycles. The van der Waals surface area contributed by atoms with Crippen LogP contribution in [0.4, 0.5) is 5.69 Å². The van der Waals surface area contributed by atoms with Gasteiger partial charge < -0.3 is 9.64 Å². The number of halogens is 3. The highest BCUT2D eigenvalue weighted by atomic mass is 35.5. The predicted octanol–water partition coefficient (Wildman–Crippen LogP) is 6.55. The maximum atomic E-state index is 12.9. The van der Waals surface area contributed by atoms with Crippen LogP contribution in [0.5, 0.6) is 11.5 Å². The maximum absolute atomic E-state index is 12.9. The van der Waals surface area contributed by atoms with Crippen molar-refractivity contribution in [2.24, 2.45) is 0 Å². The molecule has 0 aromatic heterocycles. The van der Waals surface area contributed by atoms with Crippen LogP contribution < -0.4 is 4.74 Å². The molecule has 3 aromatic carbocycles. The smallest absolute Gasteiger partial charge is 0.272 e. The minimum absolute atomic E-state index is 0.0298. The van der Waals surface area contributed by atoms with E-state index in [1.165, 1.54) is 12.1 Å². The summed E-state index contributed by atoms with van der Waals surface area (Å²) in [5.41, 5.74) is 2.24. The molecule has 158 valence electrons. The molecular weight excluding hydrogens is 463 g/mol. The number of rotatable bonds is 5. The number of nitro groups is 1. The van der Waals surface area contributed by atoms with E-state index < -0.39 is 4.92 Å². The first-order valence-electron chi connectivity index (χ1n) is 9.30. The van der Waals surface area contributed by atoms with Gasteiger partial charge in [0.05, 0.1) is 15.0 Å². The molecule has 6 nitrogen and oxygen atoms in total. The van der Waals surface area contributed by atoms with Crippen LogP contribution >= 0.6 is 34.8 Å². The lowest BCUT2D eigenvalue weighted by Gasteiger charge is -2.29. The summed E-state index contributed by atoms with van der Waals surface area (Å²) in [4.78, 5) is 25.1. The molecule has 9 heteroatoms. The number of fused-ring (bicyclic) bond motifs is 1. The normalized spacial score (nSPS) is 13.1. The number of hydrogen-bond acceptors (Lipinski definition) is 4. The second-order valence-electron chi connectivity index (χ2n) is 7.02. The molecule has 0 aliphatic carbocycles. The topological polar surface area (TPSA) is 72.7 Å². The van der Waals surface area contributed by atoms with Crippen molar-refractivity contribution in [1.82, 2.24) is 4.90 Å². The number of nitro benzene ring substituents is 1. The van der Waals surface area contributed by atoms with Gasteiger partial charge in [-0.25, -0.2) is 0 Å². The first-order valence-corrected chi connectivity index (χ1v) is 10.4. The molecule has 0 radical (unpaired) electrons. The molecule has 31 heavy (non-hydrogen) atoms. The van der Waals surface area contributed by atoms with Crippen molar-refractivity contribution in [1.29, 1.82) is 0 Å². The van der Waals surface area contributed by atoms with Gasteiger partial charge in [-0.1, -0.05) is 46.9 Å². The Morgan fingerprint density at radius 1 is 1.00 bits per heavy atom. The molecule has 3 aromatic rings. The van der Waals surface area contributed by atoms with Crippen molar-refractivity contribution in [3.63, 3.8) is 0 Å². The Morgan fingerprint density at radius 2 is 1.68 bits per heavy atom. The zero-order valence-corrected chi connectivity index (χ0v) is 18.2. The number of benzene rings is 3. The fourth-order valence-electron chi connectivity index (χ4n) is 3.40. The van der Waals surface area contributed by atoms with E-state index in [0.29, 0.717) is 35.8 Å². The molecule has 0 saturated heterocycles. The monoisotopic (exact) mass is 476 g/mol. The van der Waals surface area contributed by atoms with Crippen molar-refractivity contribution in [3.8, 4) is 11.5 Å². The summed E-state index contributed by atoms with van der Waals surface area (Å²) < 4.78 is 5.79. The molecule has 0 spiro atoms. The van der Waals surface area contributed by atoms with E-state index in [0.717, 1.165) is 11.1 Å². The van der Waals surface area contributed by atoms with Gasteiger partial charge in [0, 0.05) is 35.8 Å². The zero-order chi connectivity index (χ0) is 22.1. The van der Waals surface area contributed by atoms with Gasteiger partial charge in [-0.3, -0.25) is 14.9 Å². The van der Waals surface area contributed by atoms with Gasteiger partial charge in [-0.2, -0.15) is 0 Å². The van der Waals surface area contributed by atoms with Gasteiger partial charge in [0.1, 0.15) is 5.75 Å². The summed E-state index contributed by atoms with van der Waals surface area (Å²) in [5.74, 6) is 0.505. The van der Waals surface area contributed by atoms with Crippen molar-refractivity contribution in [3.05, 3.63) is 96.5 Å². The summed E-state index contributed by atoms with van der Waals surface area (Å²) >= 11 is 18.2. The van der Waals surface area contributed by atoms with Crippen molar-refractivity contribution < 1.29 is 14.5 Å². The third-order valence-corrected chi connectivity index (χ3v) is 5.76. The average molecular weight is 478 g/mol. The van der Waals surface area contributed by atoms with E-state index in [9.17, 15) is 14.9 Å². The first kappa shape index (κ1) is 21.4. The Kier molecular flexibility index (Phi) is 6.05. The molecule has 0 bridgehead atoms. The number of carbonyl (C=O) groups is 1. The summed E-state index contributed by atoms with van der Waals surface area (Å²) in [7, 11) is 0. The van der Waals surface area contributed by atoms with E-state index in [1.807, 2.05) is 12.1 Å². The number of nitrogens with zero attached hydrogens (tertiary/aromatic N) is 2.